The molecule has 0 aromatic carbocycles. The first-order chi connectivity index (χ1) is 16.8. The zero-order chi connectivity index (χ0) is 26.8. The zero-order valence-electron chi connectivity index (χ0n) is 19.7. The quantitative estimate of drug-likeness (QED) is 0.114. The van der Waals surface area contributed by atoms with Crippen LogP contribution in [0.15, 0.2) is 85.2 Å². The van der Waals surface area contributed by atoms with E-state index in [1.165, 1.54) is 0 Å². The van der Waals surface area contributed by atoms with Crippen LogP contribution in [0, 0.1) is 20.5 Å². The van der Waals surface area contributed by atoms with Crippen LogP contribution in [0.3, 0.4) is 0 Å². The molecule has 4 aromatic rings. The van der Waals surface area contributed by atoms with Gasteiger partial charge in [-0.25, -0.2) is 47.2 Å². The van der Waals surface area contributed by atoms with Crippen LogP contribution in [-0.2, 0) is 30.4 Å². The van der Waals surface area contributed by atoms with E-state index < -0.39 is 20.5 Å². The second-order valence-corrected chi connectivity index (χ2v) is 7.84. The van der Waals surface area contributed by atoms with Gasteiger partial charge in [-0.2, -0.15) is 0 Å². The van der Waals surface area contributed by atoms with Crippen molar-refractivity contribution in [2.75, 3.05) is 0 Å². The Kier molecular flexibility index (Phi) is 17.3. The van der Waals surface area contributed by atoms with E-state index in [1.54, 1.807) is 36.7 Å². The molecule has 0 aliphatic rings. The number of aromatic nitrogens is 4. The first-order valence-electron chi connectivity index (χ1n) is 9.36. The summed E-state index contributed by atoms with van der Waals surface area (Å²) in [5, 5.41) is 0. The van der Waals surface area contributed by atoms with E-state index in [1.807, 2.05) is 48.5 Å². The first kappa shape index (κ1) is 38.2. The van der Waals surface area contributed by atoms with Crippen LogP contribution in [-0.4, -0.2) is 25.7 Å². The Morgan fingerprint density at radius 1 is 0.513 bits per heavy atom. The fraction of sp³-hybridized carbons (Fsp3) is 0. The topological polar surface area (TPSA) is 319 Å². The summed E-state index contributed by atoms with van der Waals surface area (Å²) in [4.78, 5) is 30.3. The molecule has 4 heterocycles. The summed E-state index contributed by atoms with van der Waals surface area (Å²) in [7, 11) is -9.89. The second-order valence-electron chi connectivity index (χ2n) is 6.33. The van der Waals surface area contributed by atoms with Gasteiger partial charge in [-0.1, -0.05) is 24.3 Å². The summed E-state index contributed by atoms with van der Waals surface area (Å²) < 4.78 is 67.9. The number of ketones is 1. The van der Waals surface area contributed by atoms with E-state index >= 15 is 0 Å². The SMILES string of the molecule is O=C(c1cccc(-c2ccccn2)n1)c1cccc(-c2ccccn2)n1.[O-][Cl+3]([O-])([O-])[O-].[O-][Cl+3]([O-])([O-])[O-].[OH3+].[OH3+].[Zn+2]. The molecule has 0 aliphatic heterocycles. The van der Waals surface area contributed by atoms with E-state index in [9.17, 15) is 4.79 Å². The van der Waals surface area contributed by atoms with Crippen molar-refractivity contribution in [1.29, 1.82) is 0 Å². The number of carbonyl (C=O) groups excluding carboxylic acids is 1. The average Bonchev–Trinajstić information content (AvgIpc) is 2.83. The normalized spacial score (nSPS) is 10.1. The summed E-state index contributed by atoms with van der Waals surface area (Å²) in [6.07, 6.45) is 3.40. The molecular weight excluding hydrogens is 621 g/mol. The van der Waals surface area contributed by atoms with Crippen molar-refractivity contribution < 1.29 is 93.0 Å². The first-order valence-corrected chi connectivity index (χ1v) is 11.8. The maximum Gasteiger partial charge on any atom is 2.00 e. The van der Waals surface area contributed by atoms with Gasteiger partial charge in [0.2, 0.25) is 5.78 Å². The smallest absolute Gasteiger partial charge is 0.457 e. The summed E-state index contributed by atoms with van der Waals surface area (Å²) >= 11 is 0. The summed E-state index contributed by atoms with van der Waals surface area (Å²) in [5.74, 6) is -0.236. The molecule has 0 atom stereocenters. The van der Waals surface area contributed by atoms with Crippen molar-refractivity contribution in [2.24, 2.45) is 0 Å². The van der Waals surface area contributed by atoms with Crippen molar-refractivity contribution in [2.45, 2.75) is 0 Å². The number of rotatable bonds is 4. The molecule has 0 fully saturated rings. The van der Waals surface area contributed by atoms with Crippen LogP contribution in [0.25, 0.3) is 22.8 Å². The molecule has 0 spiro atoms. The van der Waals surface area contributed by atoms with Crippen molar-refractivity contribution in [3.63, 3.8) is 0 Å². The van der Waals surface area contributed by atoms with E-state index in [0.717, 1.165) is 11.4 Å². The van der Waals surface area contributed by atoms with Gasteiger partial charge in [0, 0.05) is 12.4 Å². The number of nitrogens with zero attached hydrogens (tertiary/aromatic N) is 4. The molecule has 4 aromatic heterocycles. The van der Waals surface area contributed by atoms with E-state index in [-0.39, 0.29) is 36.2 Å². The fourth-order valence-electron chi connectivity index (χ4n) is 2.57. The van der Waals surface area contributed by atoms with Crippen LogP contribution in [0.4, 0.5) is 0 Å². The van der Waals surface area contributed by atoms with Crippen molar-refractivity contribution in [3.8, 4) is 22.8 Å². The van der Waals surface area contributed by atoms with Gasteiger partial charge in [0.25, 0.3) is 0 Å². The third-order valence-electron chi connectivity index (χ3n) is 3.82. The van der Waals surface area contributed by atoms with Crippen molar-refractivity contribution in [1.82, 2.24) is 19.9 Å². The molecule has 0 amide bonds. The van der Waals surface area contributed by atoms with Gasteiger partial charge in [0.1, 0.15) is 11.4 Å². The van der Waals surface area contributed by atoms with E-state index in [0.29, 0.717) is 22.8 Å². The van der Waals surface area contributed by atoms with Gasteiger partial charge >= 0.3 is 19.5 Å². The summed E-state index contributed by atoms with van der Waals surface area (Å²) in [6, 6.07) is 21.8. The van der Waals surface area contributed by atoms with Gasteiger partial charge in [0.15, 0.2) is 0 Å². The molecular formula is C21H20Cl2N4O11Zn+2. The summed E-state index contributed by atoms with van der Waals surface area (Å²) in [6.45, 7) is 0. The molecule has 0 saturated carbocycles. The van der Waals surface area contributed by atoms with Crippen molar-refractivity contribution in [3.05, 3.63) is 96.6 Å². The largest absolute Gasteiger partial charge is 2.00 e. The molecule has 0 bridgehead atoms. The Labute approximate surface area is 237 Å². The molecule has 18 heteroatoms. The number of hydrogen-bond donors (Lipinski definition) is 0. The predicted octanol–water partition coefficient (Wildman–Crippen LogP) is -7.53. The van der Waals surface area contributed by atoms with Crippen LogP contribution in [0.5, 0.6) is 0 Å². The van der Waals surface area contributed by atoms with Crippen LogP contribution in [0.1, 0.15) is 16.2 Å². The third kappa shape index (κ3) is 15.9. The standard InChI is InChI=1S/C21H14N4O.2ClHO4.2H2O.Zn/c26-21(19-11-5-9-17(24-19)15-7-1-3-13-22-15)20-12-6-10-18(25-20)16-8-2-4-14-23-16;2*2-1(3,4)5;;;/h1-14H;2*(H,2,3,4,5);2*1H2;/q;;;;;+2. The molecule has 204 valence electrons. The maximum absolute atomic E-state index is 12.8. The minimum atomic E-state index is -4.94. The molecule has 0 aliphatic carbocycles. The molecule has 4 rings (SSSR count). The van der Waals surface area contributed by atoms with Gasteiger partial charge in [0.05, 0.1) is 22.8 Å². The molecule has 39 heavy (non-hydrogen) atoms. The Balaban J connectivity index is 0. The molecule has 6 N–H and O–H groups in total. The zero-order valence-corrected chi connectivity index (χ0v) is 24.1. The van der Waals surface area contributed by atoms with E-state index in [2.05, 4.69) is 19.9 Å². The van der Waals surface area contributed by atoms with Crippen LogP contribution >= 0.6 is 0 Å². The van der Waals surface area contributed by atoms with Gasteiger partial charge in [-0.15, -0.1) is 20.5 Å². The second kappa shape index (κ2) is 17.6. The number of hydrogen-bond acceptors (Lipinski definition) is 13. The Morgan fingerprint density at radius 3 is 1.10 bits per heavy atom. The minimum absolute atomic E-state index is 0. The van der Waals surface area contributed by atoms with E-state index in [4.69, 9.17) is 37.3 Å². The van der Waals surface area contributed by atoms with Crippen molar-refractivity contribution >= 4 is 5.78 Å². The fourth-order valence-corrected chi connectivity index (χ4v) is 2.57. The molecule has 0 saturated heterocycles. The molecule has 15 nitrogen and oxygen atoms in total. The molecule has 0 radical (unpaired) electrons. The van der Waals surface area contributed by atoms with Gasteiger partial charge in [-0.05, 0) is 48.5 Å². The summed E-state index contributed by atoms with van der Waals surface area (Å²) in [5.41, 5.74) is 3.40. The van der Waals surface area contributed by atoms with Crippen LogP contribution in [0.2, 0.25) is 0 Å². The Bertz CT molecular complexity index is 1160. The number of pyridine rings is 4. The number of carbonyl (C=O) groups is 1. The predicted molar refractivity (Wildman–Crippen MR) is 108 cm³/mol. The maximum atomic E-state index is 12.8. The monoisotopic (exact) mass is 638 g/mol. The number of halogens is 2. The average molecular weight is 641 g/mol. The van der Waals surface area contributed by atoms with Gasteiger partial charge in [-0.3, -0.25) is 14.8 Å². The minimum Gasteiger partial charge on any atom is -0.457 e. The Hall–Kier alpha value is -2.93. The van der Waals surface area contributed by atoms with Gasteiger partial charge < -0.3 is 11.0 Å². The van der Waals surface area contributed by atoms with Crippen LogP contribution < -0.4 is 37.3 Å². The Morgan fingerprint density at radius 2 is 0.821 bits per heavy atom. The molecule has 0 unspecified atom stereocenters. The third-order valence-corrected chi connectivity index (χ3v) is 3.82.